The van der Waals surface area contributed by atoms with Crippen LogP contribution in [0.4, 0.5) is 4.79 Å². The molecular weight excluding hydrogens is 574 g/mol. The van der Waals surface area contributed by atoms with Crippen LogP contribution in [0.5, 0.6) is 0 Å². The van der Waals surface area contributed by atoms with Crippen molar-refractivity contribution in [2.75, 3.05) is 26.2 Å². The zero-order valence-corrected chi connectivity index (χ0v) is 24.4. The monoisotopic (exact) mass is 605 g/mol. The summed E-state index contributed by atoms with van der Waals surface area (Å²) in [6, 6.07) is 15.5. The molecule has 6 rings (SSSR count). The van der Waals surface area contributed by atoms with Crippen LogP contribution in [0.3, 0.4) is 0 Å². The van der Waals surface area contributed by atoms with E-state index in [1.54, 1.807) is 46.0 Å². The number of fused-ring (bicyclic) bond motifs is 1. The Kier molecular flexibility index (Phi) is 7.72. The number of amides is 2. The second-order valence-electron chi connectivity index (χ2n) is 11.3. The highest BCUT2D eigenvalue weighted by Gasteiger charge is 2.35. The number of benzene rings is 2. The van der Waals surface area contributed by atoms with Gasteiger partial charge in [-0.1, -0.05) is 23.7 Å². The van der Waals surface area contributed by atoms with Crippen LogP contribution in [0.15, 0.2) is 71.9 Å². The number of carboxylic acid groups (broad SMARTS) is 1. The molecule has 12 heteroatoms. The zero-order chi connectivity index (χ0) is 30.3. The van der Waals surface area contributed by atoms with E-state index in [-0.39, 0.29) is 30.7 Å². The Labute approximate surface area is 252 Å². The van der Waals surface area contributed by atoms with E-state index in [4.69, 9.17) is 16.3 Å². The highest BCUT2D eigenvalue weighted by atomic mass is 35.5. The molecule has 0 saturated carbocycles. The molecule has 43 heavy (non-hydrogen) atoms. The number of likely N-dealkylation sites (tertiary alicyclic amines) is 1. The molecule has 4 aromatic rings. The van der Waals surface area contributed by atoms with E-state index in [9.17, 15) is 24.6 Å². The van der Waals surface area contributed by atoms with Crippen LogP contribution in [-0.2, 0) is 11.3 Å². The van der Waals surface area contributed by atoms with Crippen molar-refractivity contribution >= 4 is 34.6 Å². The SMILES string of the molecule is C[C@@H]1CN(C(=O)O)[C@@H](c2ccc(-n3ccc4c(=O)n(CC5(O)CCN(C(=O)c6ccc(Cl)cc6)CC5)cnc43)cc2)CO1. The van der Waals surface area contributed by atoms with Gasteiger partial charge >= 0.3 is 6.09 Å². The van der Waals surface area contributed by atoms with Crippen LogP contribution in [0.2, 0.25) is 5.02 Å². The van der Waals surface area contributed by atoms with Gasteiger partial charge in [-0.2, -0.15) is 0 Å². The molecule has 2 fully saturated rings. The van der Waals surface area contributed by atoms with Gasteiger partial charge in [0.05, 0.1) is 42.8 Å². The fourth-order valence-electron chi connectivity index (χ4n) is 5.90. The number of carbonyl (C=O) groups excluding carboxylic acids is 1. The van der Waals surface area contributed by atoms with Crippen molar-refractivity contribution in [3.63, 3.8) is 0 Å². The van der Waals surface area contributed by atoms with Gasteiger partial charge < -0.3 is 24.4 Å². The first kappa shape index (κ1) is 28.9. The molecule has 2 aliphatic heterocycles. The molecule has 2 aromatic heterocycles. The average Bonchev–Trinajstić information content (AvgIpc) is 3.44. The zero-order valence-electron chi connectivity index (χ0n) is 23.6. The molecular formula is C31H32ClN5O6. The topological polar surface area (TPSA) is 130 Å². The van der Waals surface area contributed by atoms with Crippen LogP contribution in [0, 0.1) is 0 Å². The Hall–Kier alpha value is -4.19. The van der Waals surface area contributed by atoms with Crippen LogP contribution in [0.1, 0.15) is 41.7 Å². The summed E-state index contributed by atoms with van der Waals surface area (Å²) in [7, 11) is 0. The third-order valence-electron chi connectivity index (χ3n) is 8.38. The van der Waals surface area contributed by atoms with E-state index in [0.29, 0.717) is 54.1 Å². The number of aliphatic hydroxyl groups is 1. The summed E-state index contributed by atoms with van der Waals surface area (Å²) in [4.78, 5) is 45.7. The third-order valence-corrected chi connectivity index (χ3v) is 8.63. The van der Waals surface area contributed by atoms with E-state index >= 15 is 0 Å². The minimum atomic E-state index is -1.15. The number of halogens is 1. The van der Waals surface area contributed by atoms with Gasteiger partial charge in [0.1, 0.15) is 6.33 Å². The Balaban J connectivity index is 1.16. The predicted octanol–water partition coefficient (Wildman–Crippen LogP) is 3.95. The second kappa shape index (κ2) is 11.5. The van der Waals surface area contributed by atoms with Crippen molar-refractivity contribution in [3.8, 4) is 5.69 Å². The van der Waals surface area contributed by atoms with Crippen molar-refractivity contribution in [3.05, 3.63) is 93.6 Å². The number of rotatable bonds is 5. The van der Waals surface area contributed by atoms with Crippen molar-refractivity contribution < 1.29 is 24.5 Å². The van der Waals surface area contributed by atoms with Gasteiger partial charge in [0.15, 0.2) is 5.65 Å². The lowest BCUT2D eigenvalue weighted by Crippen LogP contribution is -2.49. The van der Waals surface area contributed by atoms with E-state index < -0.39 is 17.7 Å². The van der Waals surface area contributed by atoms with Gasteiger partial charge in [-0.05, 0) is 67.8 Å². The van der Waals surface area contributed by atoms with Gasteiger partial charge in [0, 0.05) is 35.6 Å². The number of hydrogen-bond donors (Lipinski definition) is 2. The number of ether oxygens (including phenoxy) is 1. The molecule has 2 N–H and O–H groups in total. The van der Waals surface area contributed by atoms with Crippen LogP contribution >= 0.6 is 11.6 Å². The Morgan fingerprint density at radius 1 is 1.07 bits per heavy atom. The number of carbonyl (C=O) groups is 2. The first-order chi connectivity index (χ1) is 20.6. The van der Waals surface area contributed by atoms with E-state index in [1.807, 2.05) is 31.2 Å². The lowest BCUT2D eigenvalue weighted by Gasteiger charge is -2.38. The fourth-order valence-corrected chi connectivity index (χ4v) is 6.02. The number of aromatic nitrogens is 3. The first-order valence-corrected chi connectivity index (χ1v) is 14.5. The Bertz CT molecular complexity index is 1710. The minimum absolute atomic E-state index is 0.0692. The average molecular weight is 606 g/mol. The van der Waals surface area contributed by atoms with Gasteiger partial charge in [-0.3, -0.25) is 19.1 Å². The summed E-state index contributed by atoms with van der Waals surface area (Å²) >= 11 is 5.93. The maximum Gasteiger partial charge on any atom is 0.407 e. The minimum Gasteiger partial charge on any atom is -0.465 e. The van der Waals surface area contributed by atoms with Gasteiger partial charge in [0.25, 0.3) is 11.5 Å². The summed E-state index contributed by atoms with van der Waals surface area (Å²) in [5, 5.41) is 21.9. The molecule has 4 heterocycles. The standard InChI is InChI=1S/C31H32ClN5O6/c1-20-16-37(30(40)41)26(17-43-20)21-4-8-24(9-5-21)36-13-10-25-27(36)33-19-35(29(25)39)18-31(42)11-14-34(15-12-31)28(38)22-2-6-23(32)7-3-22/h2-10,13,19-20,26,42H,11-12,14-18H2,1H3,(H,40,41)/t20-,26-/m1/s1. The molecule has 224 valence electrons. The lowest BCUT2D eigenvalue weighted by molar-refractivity contribution is -0.0465. The van der Waals surface area contributed by atoms with Gasteiger partial charge in [-0.15, -0.1) is 0 Å². The number of nitrogens with zero attached hydrogens (tertiary/aromatic N) is 5. The highest BCUT2D eigenvalue weighted by Crippen LogP contribution is 2.29. The van der Waals surface area contributed by atoms with Crippen molar-refractivity contribution in [1.29, 1.82) is 0 Å². The number of morpholine rings is 1. The molecule has 0 unspecified atom stereocenters. The molecule has 2 amide bonds. The highest BCUT2D eigenvalue weighted by molar-refractivity contribution is 6.30. The normalized spacial score (nSPS) is 20.3. The Morgan fingerprint density at radius 3 is 2.44 bits per heavy atom. The van der Waals surface area contributed by atoms with Gasteiger partial charge in [0.2, 0.25) is 0 Å². The van der Waals surface area contributed by atoms with Gasteiger partial charge in [-0.25, -0.2) is 9.78 Å². The number of hydrogen-bond acceptors (Lipinski definition) is 6. The van der Waals surface area contributed by atoms with Crippen LogP contribution < -0.4 is 5.56 Å². The predicted molar refractivity (Wildman–Crippen MR) is 160 cm³/mol. The van der Waals surface area contributed by atoms with E-state index in [0.717, 1.165) is 11.3 Å². The van der Waals surface area contributed by atoms with Crippen LogP contribution in [-0.4, -0.2) is 84.1 Å². The Morgan fingerprint density at radius 2 is 1.77 bits per heavy atom. The van der Waals surface area contributed by atoms with Crippen molar-refractivity contribution in [2.45, 2.75) is 44.1 Å². The molecule has 11 nitrogen and oxygen atoms in total. The summed E-state index contributed by atoms with van der Waals surface area (Å²) in [6.45, 7) is 3.23. The van der Waals surface area contributed by atoms with E-state index in [1.165, 1.54) is 15.8 Å². The molecule has 0 radical (unpaired) electrons. The second-order valence-corrected chi connectivity index (χ2v) is 11.7. The van der Waals surface area contributed by atoms with E-state index in [2.05, 4.69) is 4.98 Å². The van der Waals surface area contributed by atoms with Crippen LogP contribution in [0.25, 0.3) is 16.7 Å². The summed E-state index contributed by atoms with van der Waals surface area (Å²) in [5.74, 6) is -0.116. The smallest absolute Gasteiger partial charge is 0.407 e. The number of piperidine rings is 1. The molecule has 2 aromatic carbocycles. The summed E-state index contributed by atoms with van der Waals surface area (Å²) in [5.41, 5.74) is 1.19. The maximum absolute atomic E-state index is 13.4. The lowest BCUT2D eigenvalue weighted by atomic mass is 9.91. The van der Waals surface area contributed by atoms with Crippen molar-refractivity contribution in [1.82, 2.24) is 23.9 Å². The molecule has 2 atom stereocenters. The van der Waals surface area contributed by atoms with Crippen molar-refractivity contribution in [2.24, 2.45) is 0 Å². The largest absolute Gasteiger partial charge is 0.465 e. The molecule has 0 bridgehead atoms. The summed E-state index contributed by atoms with van der Waals surface area (Å²) < 4.78 is 8.94. The molecule has 0 spiro atoms. The maximum atomic E-state index is 13.4. The quantitative estimate of drug-likeness (QED) is 0.352. The third kappa shape index (κ3) is 5.75. The molecule has 2 aliphatic rings. The summed E-state index contributed by atoms with van der Waals surface area (Å²) in [6.07, 6.45) is 2.73. The fraction of sp³-hybridized carbons (Fsp3) is 0.355. The molecule has 2 saturated heterocycles. The first-order valence-electron chi connectivity index (χ1n) is 14.2. The molecule has 0 aliphatic carbocycles.